The molecule has 0 radical (unpaired) electrons. The van der Waals surface area contributed by atoms with Crippen molar-refractivity contribution in [3.63, 3.8) is 0 Å². The van der Waals surface area contributed by atoms with Crippen molar-refractivity contribution in [3.8, 4) is 17.2 Å². The minimum absolute atomic E-state index is 0.0188. The van der Waals surface area contributed by atoms with Crippen molar-refractivity contribution < 1.29 is 38.5 Å². The highest BCUT2D eigenvalue weighted by Gasteiger charge is 2.74. The fourth-order valence-corrected chi connectivity index (χ4v) is 5.81. The number of aliphatic carboxylic acids is 1. The number of β-lactam (4-membered cyclic amide) rings is 1. The predicted molar refractivity (Wildman–Crippen MR) is 111 cm³/mol. The number of benzene rings is 1. The molecular formula is C20H24N2O8S. The van der Waals surface area contributed by atoms with Crippen LogP contribution in [0.25, 0.3) is 0 Å². The Morgan fingerprint density at radius 2 is 1.65 bits per heavy atom. The number of nitrogens with one attached hydrogen (secondary N) is 1. The number of carbonyl (C=O) groups is 4. The molecule has 2 aliphatic rings. The number of carboxylic acids is 1. The maximum atomic E-state index is 13.3. The summed E-state index contributed by atoms with van der Waals surface area (Å²) in [6, 6.07) is 1.82. The number of ether oxygens (including phenoxy) is 3. The average Bonchev–Trinajstić information content (AvgIpc) is 2.98. The van der Waals surface area contributed by atoms with E-state index in [-0.39, 0.29) is 17.1 Å². The van der Waals surface area contributed by atoms with Crippen molar-refractivity contribution in [2.24, 2.45) is 0 Å². The van der Waals surface area contributed by atoms with E-state index in [0.717, 1.165) is 16.7 Å². The highest BCUT2D eigenvalue weighted by Crippen LogP contribution is 2.55. The zero-order valence-corrected chi connectivity index (χ0v) is 18.8. The number of ketones is 1. The number of carboxylic acid groups (broad SMARTS) is 1. The number of hydrogen-bond acceptors (Lipinski definition) is 8. The second kappa shape index (κ2) is 7.63. The molecule has 3 rings (SSSR count). The molecule has 0 aliphatic carbocycles. The second-order valence-corrected chi connectivity index (χ2v) is 9.49. The van der Waals surface area contributed by atoms with Crippen molar-refractivity contribution in [1.82, 2.24) is 10.2 Å². The molecule has 0 saturated carbocycles. The molecule has 0 spiro atoms. The fourth-order valence-electron chi connectivity index (χ4n) is 4.06. The first-order valence-electron chi connectivity index (χ1n) is 9.33. The van der Waals surface area contributed by atoms with Crippen LogP contribution in [0.4, 0.5) is 0 Å². The Morgan fingerprint density at radius 3 is 2.06 bits per heavy atom. The molecule has 2 saturated heterocycles. The van der Waals surface area contributed by atoms with Gasteiger partial charge in [-0.3, -0.25) is 14.4 Å². The highest BCUT2D eigenvalue weighted by atomic mass is 32.2. The second-order valence-electron chi connectivity index (χ2n) is 7.75. The molecule has 168 valence electrons. The maximum Gasteiger partial charge on any atom is 0.327 e. The van der Waals surface area contributed by atoms with E-state index in [2.05, 4.69) is 5.32 Å². The number of Topliss-reactive ketones (excluding diaryl/α,β-unsaturated/α-hetero) is 1. The Kier molecular flexibility index (Phi) is 5.59. The first kappa shape index (κ1) is 22.7. The van der Waals surface area contributed by atoms with Gasteiger partial charge in [-0.2, -0.15) is 0 Å². The summed E-state index contributed by atoms with van der Waals surface area (Å²) in [4.78, 5) is 52.0. The topological polar surface area (TPSA) is 131 Å². The van der Waals surface area contributed by atoms with Gasteiger partial charge >= 0.3 is 5.97 Å². The fraction of sp³-hybridized carbons (Fsp3) is 0.500. The number of carbonyl (C=O) groups excluding carboxylic acids is 3. The van der Waals surface area contributed by atoms with Crippen molar-refractivity contribution in [2.45, 2.75) is 42.5 Å². The molecule has 0 aromatic heterocycles. The number of amides is 2. The molecule has 2 aliphatic heterocycles. The average molecular weight is 452 g/mol. The Bertz CT molecular complexity index is 953. The lowest BCUT2D eigenvalue weighted by Crippen LogP contribution is -2.82. The normalized spacial score (nSPS) is 25.9. The molecule has 10 nitrogen and oxygen atoms in total. The Hall–Kier alpha value is -2.95. The molecule has 2 amide bonds. The van der Waals surface area contributed by atoms with Crippen molar-refractivity contribution in [3.05, 3.63) is 17.7 Å². The molecule has 2 heterocycles. The van der Waals surface area contributed by atoms with Crippen LogP contribution >= 0.6 is 11.8 Å². The summed E-state index contributed by atoms with van der Waals surface area (Å²) in [6.07, 6.45) is 0. The maximum absolute atomic E-state index is 13.3. The molecule has 11 heteroatoms. The van der Waals surface area contributed by atoms with Gasteiger partial charge in [-0.05, 0) is 20.8 Å². The van der Waals surface area contributed by atoms with E-state index in [1.165, 1.54) is 40.4 Å². The first-order valence-corrected chi connectivity index (χ1v) is 10.2. The Balaban J connectivity index is 2.03. The van der Waals surface area contributed by atoms with Gasteiger partial charge in [-0.25, -0.2) is 4.79 Å². The quantitative estimate of drug-likeness (QED) is 0.458. The lowest BCUT2D eigenvalue weighted by Gasteiger charge is -2.51. The van der Waals surface area contributed by atoms with E-state index in [0.29, 0.717) is 5.75 Å². The summed E-state index contributed by atoms with van der Waals surface area (Å²) in [7, 11) is 4.15. The van der Waals surface area contributed by atoms with Gasteiger partial charge in [0, 0.05) is 16.9 Å². The first-order chi connectivity index (χ1) is 14.5. The van der Waals surface area contributed by atoms with Crippen LogP contribution in [0.5, 0.6) is 17.2 Å². The van der Waals surface area contributed by atoms with Crippen LogP contribution in [0.2, 0.25) is 0 Å². The van der Waals surface area contributed by atoms with Gasteiger partial charge in [-0.15, -0.1) is 11.8 Å². The van der Waals surface area contributed by atoms with Crippen LogP contribution in [0.1, 0.15) is 31.1 Å². The van der Waals surface area contributed by atoms with Gasteiger partial charge < -0.3 is 29.5 Å². The number of rotatable bonds is 7. The molecule has 3 atom stereocenters. The molecule has 1 aromatic carbocycles. The molecule has 0 bridgehead atoms. The molecule has 1 aromatic rings. The van der Waals surface area contributed by atoms with Gasteiger partial charge in [0.15, 0.2) is 5.78 Å². The zero-order chi connectivity index (χ0) is 23.3. The lowest BCUT2D eigenvalue weighted by molar-refractivity contribution is -0.170. The largest absolute Gasteiger partial charge is 0.496 e. The summed E-state index contributed by atoms with van der Waals surface area (Å²) in [5.41, 5.74) is -1.91. The zero-order valence-electron chi connectivity index (χ0n) is 18.0. The van der Waals surface area contributed by atoms with Crippen molar-refractivity contribution in [1.29, 1.82) is 0 Å². The van der Waals surface area contributed by atoms with Gasteiger partial charge in [-0.1, -0.05) is 0 Å². The third-order valence-electron chi connectivity index (χ3n) is 5.59. The summed E-state index contributed by atoms with van der Waals surface area (Å²) in [5, 5.41) is 11.3. The van der Waals surface area contributed by atoms with Crippen molar-refractivity contribution >= 4 is 35.3 Å². The van der Waals surface area contributed by atoms with Gasteiger partial charge in [0.05, 0.1) is 21.3 Å². The van der Waals surface area contributed by atoms with E-state index in [1.807, 2.05) is 0 Å². The van der Waals surface area contributed by atoms with E-state index < -0.39 is 45.3 Å². The standard InChI is InChI=1S/C20H24N2O8S/c1-9(23)20(17(27)22-14(16(25)26)19(2,3)31-18(20)22)21-15(24)13-11(29-5)7-10(28-4)8-12(13)30-6/h7-8,14,18H,1-6H3,(H,21,24)(H,25,26)/t14-,18+,20?/m0/s1. The third-order valence-corrected chi connectivity index (χ3v) is 7.22. The van der Waals surface area contributed by atoms with Crippen LogP contribution in [-0.2, 0) is 14.4 Å². The van der Waals surface area contributed by atoms with Gasteiger partial charge in [0.2, 0.25) is 5.54 Å². The minimum atomic E-state index is -1.89. The SMILES string of the molecule is COc1cc(OC)c(C(=O)NC2(C(C)=O)C(=O)N3[C@@H](C(=O)O)C(C)(C)S[C@@H]32)c(OC)c1. The molecule has 2 N–H and O–H groups in total. The van der Waals surface area contributed by atoms with Crippen LogP contribution in [0.3, 0.4) is 0 Å². The molecule has 2 fully saturated rings. The number of fused-ring (bicyclic) bond motifs is 1. The van der Waals surface area contributed by atoms with Crippen LogP contribution in [-0.4, -0.2) is 76.6 Å². The van der Waals surface area contributed by atoms with E-state index >= 15 is 0 Å². The molecule has 1 unspecified atom stereocenters. The number of thioether (sulfide) groups is 1. The molecule has 31 heavy (non-hydrogen) atoms. The summed E-state index contributed by atoms with van der Waals surface area (Å²) >= 11 is 1.16. The van der Waals surface area contributed by atoms with E-state index in [1.54, 1.807) is 13.8 Å². The Morgan fingerprint density at radius 1 is 1.10 bits per heavy atom. The van der Waals surface area contributed by atoms with Crippen LogP contribution < -0.4 is 19.5 Å². The number of hydrogen-bond donors (Lipinski definition) is 2. The Labute approximate surface area is 183 Å². The lowest BCUT2D eigenvalue weighted by atomic mass is 9.81. The number of nitrogens with zero attached hydrogens (tertiary/aromatic N) is 1. The van der Waals surface area contributed by atoms with Crippen LogP contribution in [0.15, 0.2) is 12.1 Å². The number of methoxy groups -OCH3 is 3. The monoisotopic (exact) mass is 452 g/mol. The van der Waals surface area contributed by atoms with E-state index in [9.17, 15) is 24.3 Å². The summed E-state index contributed by atoms with van der Waals surface area (Å²) in [6.45, 7) is 4.56. The smallest absolute Gasteiger partial charge is 0.327 e. The summed E-state index contributed by atoms with van der Waals surface area (Å²) < 4.78 is 14.9. The van der Waals surface area contributed by atoms with Crippen molar-refractivity contribution in [2.75, 3.05) is 21.3 Å². The van der Waals surface area contributed by atoms with Gasteiger partial charge in [0.25, 0.3) is 11.8 Å². The van der Waals surface area contributed by atoms with Crippen LogP contribution in [0, 0.1) is 0 Å². The third kappa shape index (κ3) is 3.18. The van der Waals surface area contributed by atoms with E-state index in [4.69, 9.17) is 14.2 Å². The summed E-state index contributed by atoms with van der Waals surface area (Å²) in [5.74, 6) is -2.65. The predicted octanol–water partition coefficient (Wildman–Crippen LogP) is 0.917. The molecular weight excluding hydrogens is 428 g/mol. The van der Waals surface area contributed by atoms with Gasteiger partial charge in [0.1, 0.15) is 34.2 Å². The minimum Gasteiger partial charge on any atom is -0.496 e. The highest BCUT2D eigenvalue weighted by molar-refractivity contribution is 8.01.